The average molecular weight is 380 g/mol. The summed E-state index contributed by atoms with van der Waals surface area (Å²) in [6, 6.07) is 16.1. The van der Waals surface area contributed by atoms with E-state index in [1.165, 1.54) is 6.42 Å². The minimum atomic E-state index is -0.0615. The fraction of sp³-hybridized carbons (Fsp3) is 0.435. The maximum atomic E-state index is 13.0. The van der Waals surface area contributed by atoms with Gasteiger partial charge in [0.25, 0.3) is 0 Å². The molecule has 2 fully saturated rings. The molecule has 148 valence electrons. The molecular weight excluding hydrogens is 352 g/mol. The van der Waals surface area contributed by atoms with Gasteiger partial charge >= 0.3 is 6.03 Å². The molecule has 5 heteroatoms. The van der Waals surface area contributed by atoms with Crippen LogP contribution in [0.1, 0.15) is 36.8 Å². The second kappa shape index (κ2) is 8.65. The molecule has 1 saturated carbocycles. The third-order valence-corrected chi connectivity index (χ3v) is 5.61. The normalized spacial score (nSPS) is 21.7. The molecule has 0 bridgehead atoms. The summed E-state index contributed by atoms with van der Waals surface area (Å²) >= 11 is 0. The van der Waals surface area contributed by atoms with Gasteiger partial charge in [0.1, 0.15) is 12.4 Å². The van der Waals surface area contributed by atoms with Crippen LogP contribution in [0.2, 0.25) is 0 Å². The number of nitrogens with zero attached hydrogens (tertiary/aromatic N) is 1. The van der Waals surface area contributed by atoms with Crippen LogP contribution in [0.5, 0.6) is 5.75 Å². The molecule has 2 aromatic carbocycles. The molecule has 5 nitrogen and oxygen atoms in total. The summed E-state index contributed by atoms with van der Waals surface area (Å²) in [6.07, 6.45) is 4.59. The van der Waals surface area contributed by atoms with Crippen LogP contribution in [-0.2, 0) is 11.3 Å². The molecule has 1 N–H and O–H groups in total. The van der Waals surface area contributed by atoms with Crippen molar-refractivity contribution in [3.63, 3.8) is 0 Å². The van der Waals surface area contributed by atoms with Crippen molar-refractivity contribution in [2.75, 3.05) is 18.5 Å². The van der Waals surface area contributed by atoms with Crippen LogP contribution in [0.3, 0.4) is 0 Å². The van der Waals surface area contributed by atoms with Gasteiger partial charge in [-0.1, -0.05) is 49.2 Å². The number of carbonyl (C=O) groups excluding carboxylic acids is 1. The van der Waals surface area contributed by atoms with Crippen molar-refractivity contribution in [1.29, 1.82) is 0 Å². The van der Waals surface area contributed by atoms with Crippen LogP contribution in [0.15, 0.2) is 48.5 Å². The molecule has 1 aliphatic heterocycles. The number of ether oxygens (including phenoxy) is 2. The van der Waals surface area contributed by atoms with Crippen molar-refractivity contribution < 1.29 is 14.3 Å². The molecule has 2 amide bonds. The van der Waals surface area contributed by atoms with Crippen LogP contribution in [0.4, 0.5) is 10.5 Å². The molecule has 2 aliphatic rings. The Kier molecular flexibility index (Phi) is 5.81. The van der Waals surface area contributed by atoms with Crippen molar-refractivity contribution in [2.24, 2.45) is 0 Å². The number of urea groups is 1. The molecule has 1 aliphatic carbocycles. The Bertz CT molecular complexity index is 807. The summed E-state index contributed by atoms with van der Waals surface area (Å²) in [5.74, 6) is 0.700. The Morgan fingerprint density at radius 1 is 1.18 bits per heavy atom. The number of fused-ring (bicyclic) bond motifs is 1. The van der Waals surface area contributed by atoms with E-state index >= 15 is 0 Å². The lowest BCUT2D eigenvalue weighted by Gasteiger charge is -2.43. The van der Waals surface area contributed by atoms with Crippen molar-refractivity contribution in [3.05, 3.63) is 59.7 Å². The lowest BCUT2D eigenvalue weighted by molar-refractivity contribution is -0.0694. The van der Waals surface area contributed by atoms with Crippen LogP contribution in [0, 0.1) is 6.92 Å². The lowest BCUT2D eigenvalue weighted by Crippen LogP contribution is -2.56. The van der Waals surface area contributed by atoms with Crippen molar-refractivity contribution in [1.82, 2.24) is 4.90 Å². The fourth-order valence-corrected chi connectivity index (χ4v) is 4.12. The molecule has 1 heterocycles. The number of carbonyl (C=O) groups is 1. The van der Waals surface area contributed by atoms with E-state index in [0.29, 0.717) is 31.2 Å². The van der Waals surface area contributed by atoms with Gasteiger partial charge in [-0.25, -0.2) is 4.79 Å². The van der Waals surface area contributed by atoms with Crippen LogP contribution < -0.4 is 10.1 Å². The molecular formula is C23H28N2O3. The summed E-state index contributed by atoms with van der Waals surface area (Å²) in [4.78, 5) is 15.0. The van der Waals surface area contributed by atoms with Gasteiger partial charge in [-0.3, -0.25) is 0 Å². The summed E-state index contributed by atoms with van der Waals surface area (Å²) in [6.45, 7) is 3.74. The molecule has 4 rings (SSSR count). The third kappa shape index (κ3) is 4.30. The first-order chi connectivity index (χ1) is 13.7. The number of hydrogen-bond donors (Lipinski definition) is 1. The zero-order valence-electron chi connectivity index (χ0n) is 16.4. The van der Waals surface area contributed by atoms with E-state index in [1.54, 1.807) is 0 Å². The number of benzene rings is 2. The molecule has 0 unspecified atom stereocenters. The number of hydrogen-bond acceptors (Lipinski definition) is 3. The van der Waals surface area contributed by atoms with E-state index in [1.807, 2.05) is 60.4 Å². The van der Waals surface area contributed by atoms with Gasteiger partial charge in [-0.2, -0.15) is 0 Å². The monoisotopic (exact) mass is 380 g/mol. The lowest BCUT2D eigenvalue weighted by atomic mass is 9.90. The average Bonchev–Trinajstić information content (AvgIpc) is 2.74. The maximum absolute atomic E-state index is 13.0. The van der Waals surface area contributed by atoms with E-state index in [9.17, 15) is 4.79 Å². The predicted octanol–water partition coefficient (Wildman–Crippen LogP) is 4.75. The van der Waals surface area contributed by atoms with Crippen LogP contribution in [0.25, 0.3) is 0 Å². The first-order valence-electron chi connectivity index (χ1n) is 10.2. The van der Waals surface area contributed by atoms with E-state index in [-0.39, 0.29) is 18.2 Å². The van der Waals surface area contributed by atoms with E-state index in [0.717, 1.165) is 30.4 Å². The highest BCUT2D eigenvalue weighted by Crippen LogP contribution is 2.31. The SMILES string of the molecule is Cc1ccc(NC(=O)N2CCO[C@@H]3CCCC[C@H]32)c(OCc2ccccc2)c1. The van der Waals surface area contributed by atoms with E-state index in [4.69, 9.17) is 9.47 Å². The van der Waals surface area contributed by atoms with Gasteiger partial charge in [0.2, 0.25) is 0 Å². The smallest absolute Gasteiger partial charge is 0.322 e. The first kappa shape index (κ1) is 18.8. The molecule has 0 aromatic heterocycles. The van der Waals surface area contributed by atoms with Crippen molar-refractivity contribution >= 4 is 11.7 Å². The van der Waals surface area contributed by atoms with Gasteiger partial charge in [-0.15, -0.1) is 0 Å². The van der Waals surface area contributed by atoms with Gasteiger partial charge in [0.05, 0.1) is 24.4 Å². The number of rotatable bonds is 4. The zero-order valence-corrected chi connectivity index (χ0v) is 16.4. The standard InChI is InChI=1S/C23H28N2O3/c1-17-11-12-19(22(15-17)28-16-18-7-3-2-4-8-18)24-23(26)25-13-14-27-21-10-6-5-9-20(21)25/h2-4,7-8,11-12,15,20-21H,5-6,9-10,13-14,16H2,1H3,(H,24,26)/t20-,21-/m1/s1. The maximum Gasteiger partial charge on any atom is 0.322 e. The highest BCUT2D eigenvalue weighted by Gasteiger charge is 2.36. The van der Waals surface area contributed by atoms with Crippen LogP contribution in [-0.4, -0.2) is 36.2 Å². The Morgan fingerprint density at radius 2 is 2.00 bits per heavy atom. The van der Waals surface area contributed by atoms with Crippen molar-refractivity contribution in [3.8, 4) is 5.75 Å². The highest BCUT2D eigenvalue weighted by atomic mass is 16.5. The Morgan fingerprint density at radius 3 is 2.86 bits per heavy atom. The van der Waals surface area contributed by atoms with E-state index < -0.39 is 0 Å². The summed E-state index contributed by atoms with van der Waals surface area (Å²) in [7, 11) is 0. The Balaban J connectivity index is 1.47. The third-order valence-electron chi connectivity index (χ3n) is 5.61. The fourth-order valence-electron chi connectivity index (χ4n) is 4.12. The summed E-state index contributed by atoms with van der Waals surface area (Å²) < 4.78 is 11.9. The largest absolute Gasteiger partial charge is 0.487 e. The number of amides is 2. The molecule has 0 radical (unpaired) electrons. The number of nitrogens with one attached hydrogen (secondary N) is 1. The van der Waals surface area contributed by atoms with Crippen LogP contribution >= 0.6 is 0 Å². The second-order valence-corrected chi connectivity index (χ2v) is 7.66. The van der Waals surface area contributed by atoms with Crippen molar-refractivity contribution in [2.45, 2.75) is 51.4 Å². The summed E-state index contributed by atoms with van der Waals surface area (Å²) in [5, 5.41) is 3.08. The minimum Gasteiger partial charge on any atom is -0.487 e. The van der Waals surface area contributed by atoms with Gasteiger partial charge in [0, 0.05) is 6.54 Å². The highest BCUT2D eigenvalue weighted by molar-refractivity contribution is 5.91. The molecule has 1 saturated heterocycles. The Labute approximate surface area is 166 Å². The molecule has 0 spiro atoms. The number of anilines is 1. The quantitative estimate of drug-likeness (QED) is 0.833. The summed E-state index contributed by atoms with van der Waals surface area (Å²) in [5.41, 5.74) is 2.91. The number of aryl methyl sites for hydroxylation is 1. The van der Waals surface area contributed by atoms with Gasteiger partial charge in [-0.05, 0) is 43.0 Å². The predicted molar refractivity (Wildman–Crippen MR) is 110 cm³/mol. The zero-order chi connectivity index (χ0) is 19.3. The molecule has 28 heavy (non-hydrogen) atoms. The van der Waals surface area contributed by atoms with Gasteiger partial charge in [0.15, 0.2) is 0 Å². The Hall–Kier alpha value is -2.53. The second-order valence-electron chi connectivity index (χ2n) is 7.66. The minimum absolute atomic E-state index is 0.0615. The van der Waals surface area contributed by atoms with E-state index in [2.05, 4.69) is 5.32 Å². The molecule has 2 aromatic rings. The first-order valence-corrected chi connectivity index (χ1v) is 10.2. The topological polar surface area (TPSA) is 50.8 Å². The molecule has 2 atom stereocenters. The number of morpholine rings is 1. The van der Waals surface area contributed by atoms with Gasteiger partial charge < -0.3 is 19.7 Å².